The van der Waals surface area contributed by atoms with E-state index in [-0.39, 0.29) is 31.6 Å². The minimum Gasteiger partial charge on any atom is -0.463 e. The number of hydrogen-bond donors (Lipinski definition) is 2. The number of Topliss-reactive ketones (excluding diaryl/α,β-unsaturated/α-hetero) is 1. The van der Waals surface area contributed by atoms with Crippen LogP contribution in [0.4, 0.5) is 13.2 Å². The molecule has 0 bridgehead atoms. The Labute approximate surface area is 183 Å². The zero-order valence-electron chi connectivity index (χ0n) is 17.5. The fraction of sp³-hybridized carbons (Fsp3) is 0.333. The molecule has 5 nitrogen and oxygen atoms in total. The first kappa shape index (κ1) is 23.5. The molecule has 1 aliphatic rings. The van der Waals surface area contributed by atoms with Crippen LogP contribution >= 0.6 is 0 Å². The molecule has 0 amide bonds. The topological polar surface area (TPSA) is 75.6 Å². The predicted octanol–water partition coefficient (Wildman–Crippen LogP) is 4.23. The molecule has 8 heteroatoms. The number of aliphatic hydroxyl groups is 1. The number of carbonyl (C=O) groups is 2. The SMILES string of the molecule is CCOC(=O)C(O)(C1=C(NC(c2ccccc2)c2ccccc2)CCCC1=O)C(F)(F)F. The van der Waals surface area contributed by atoms with Crippen molar-refractivity contribution in [2.45, 2.75) is 44.0 Å². The molecule has 0 spiro atoms. The van der Waals surface area contributed by atoms with Gasteiger partial charge in [0.1, 0.15) is 0 Å². The van der Waals surface area contributed by atoms with Crippen LogP contribution in [-0.2, 0) is 14.3 Å². The predicted molar refractivity (Wildman–Crippen MR) is 111 cm³/mol. The third-order valence-electron chi connectivity index (χ3n) is 5.34. The molecule has 0 saturated carbocycles. The highest BCUT2D eigenvalue weighted by Gasteiger charge is 2.65. The number of benzene rings is 2. The average molecular weight is 447 g/mol. The third kappa shape index (κ3) is 4.55. The van der Waals surface area contributed by atoms with Crippen molar-refractivity contribution in [3.05, 3.63) is 83.1 Å². The Bertz CT molecular complexity index is 950. The van der Waals surface area contributed by atoms with Gasteiger partial charge in [-0.25, -0.2) is 4.79 Å². The smallest absolute Gasteiger partial charge is 0.432 e. The van der Waals surface area contributed by atoms with Crippen molar-refractivity contribution >= 4 is 11.8 Å². The van der Waals surface area contributed by atoms with E-state index in [2.05, 4.69) is 10.1 Å². The third-order valence-corrected chi connectivity index (χ3v) is 5.34. The highest BCUT2D eigenvalue weighted by Crippen LogP contribution is 2.42. The van der Waals surface area contributed by atoms with E-state index in [4.69, 9.17) is 0 Å². The van der Waals surface area contributed by atoms with Gasteiger partial charge in [-0.3, -0.25) is 4.79 Å². The summed E-state index contributed by atoms with van der Waals surface area (Å²) in [4.78, 5) is 25.0. The van der Waals surface area contributed by atoms with Crippen LogP contribution in [0.15, 0.2) is 71.9 Å². The van der Waals surface area contributed by atoms with Crippen LogP contribution in [0.25, 0.3) is 0 Å². The van der Waals surface area contributed by atoms with Crippen LogP contribution in [0.2, 0.25) is 0 Å². The largest absolute Gasteiger partial charge is 0.463 e. The lowest BCUT2D eigenvalue weighted by atomic mass is 9.81. The molecule has 0 aliphatic heterocycles. The molecule has 0 heterocycles. The number of hydrogen-bond acceptors (Lipinski definition) is 5. The molecule has 0 saturated heterocycles. The van der Waals surface area contributed by atoms with Gasteiger partial charge in [0.05, 0.1) is 18.2 Å². The van der Waals surface area contributed by atoms with Gasteiger partial charge in [0, 0.05) is 12.1 Å². The lowest BCUT2D eigenvalue weighted by Gasteiger charge is -2.35. The van der Waals surface area contributed by atoms with Crippen molar-refractivity contribution in [3.8, 4) is 0 Å². The second kappa shape index (κ2) is 9.56. The van der Waals surface area contributed by atoms with Crippen molar-refractivity contribution in [3.63, 3.8) is 0 Å². The molecule has 0 radical (unpaired) electrons. The van der Waals surface area contributed by atoms with E-state index in [9.17, 15) is 27.9 Å². The first-order chi connectivity index (χ1) is 15.2. The van der Waals surface area contributed by atoms with E-state index in [1.165, 1.54) is 6.92 Å². The van der Waals surface area contributed by atoms with Gasteiger partial charge in [-0.1, -0.05) is 60.7 Å². The number of nitrogens with one attached hydrogen (secondary N) is 1. The van der Waals surface area contributed by atoms with Gasteiger partial charge < -0.3 is 15.2 Å². The molecule has 32 heavy (non-hydrogen) atoms. The maximum absolute atomic E-state index is 14.0. The van der Waals surface area contributed by atoms with E-state index in [1.54, 1.807) is 48.5 Å². The summed E-state index contributed by atoms with van der Waals surface area (Å²) in [5.74, 6) is -2.85. The van der Waals surface area contributed by atoms with Crippen molar-refractivity contribution in [2.24, 2.45) is 0 Å². The number of ketones is 1. The molecular formula is C24H24F3NO4. The summed E-state index contributed by atoms with van der Waals surface area (Å²) in [6.45, 7) is 0.948. The molecule has 1 unspecified atom stereocenters. The monoisotopic (exact) mass is 447 g/mol. The first-order valence-corrected chi connectivity index (χ1v) is 10.3. The molecule has 2 aromatic rings. The van der Waals surface area contributed by atoms with Crippen molar-refractivity contribution in [1.29, 1.82) is 0 Å². The number of rotatable bonds is 7. The Balaban J connectivity index is 2.17. The fourth-order valence-corrected chi connectivity index (χ4v) is 3.83. The Hall–Kier alpha value is -3.13. The Morgan fingerprint density at radius 2 is 1.56 bits per heavy atom. The summed E-state index contributed by atoms with van der Waals surface area (Å²) in [6, 6.07) is 17.4. The highest BCUT2D eigenvalue weighted by atomic mass is 19.4. The average Bonchev–Trinajstić information content (AvgIpc) is 2.77. The van der Waals surface area contributed by atoms with Crippen LogP contribution in [0.3, 0.4) is 0 Å². The van der Waals surface area contributed by atoms with Crippen molar-refractivity contribution < 1.29 is 32.6 Å². The van der Waals surface area contributed by atoms with Crippen LogP contribution in [0.5, 0.6) is 0 Å². The van der Waals surface area contributed by atoms with Crippen LogP contribution in [0.1, 0.15) is 43.4 Å². The number of alkyl halides is 3. The summed E-state index contributed by atoms with van der Waals surface area (Å²) in [5, 5.41) is 13.7. The van der Waals surface area contributed by atoms with E-state index >= 15 is 0 Å². The summed E-state index contributed by atoms with van der Waals surface area (Å²) < 4.78 is 46.6. The van der Waals surface area contributed by atoms with Gasteiger partial charge >= 0.3 is 12.1 Å². The van der Waals surface area contributed by atoms with Crippen LogP contribution in [0, 0.1) is 0 Å². The summed E-state index contributed by atoms with van der Waals surface area (Å²) in [7, 11) is 0. The number of halogens is 3. The maximum atomic E-state index is 14.0. The van der Waals surface area contributed by atoms with Crippen molar-refractivity contribution in [1.82, 2.24) is 5.32 Å². The zero-order valence-corrected chi connectivity index (χ0v) is 17.5. The minimum atomic E-state index is -5.44. The number of esters is 1. The molecule has 1 aliphatic carbocycles. The van der Waals surface area contributed by atoms with Crippen molar-refractivity contribution in [2.75, 3.05) is 6.61 Å². The van der Waals surface area contributed by atoms with E-state index in [0.717, 1.165) is 11.1 Å². The fourth-order valence-electron chi connectivity index (χ4n) is 3.83. The summed E-state index contributed by atoms with van der Waals surface area (Å²) >= 11 is 0. The molecule has 170 valence electrons. The second-order valence-electron chi connectivity index (χ2n) is 7.46. The van der Waals surface area contributed by atoms with E-state index < -0.39 is 35.1 Å². The highest BCUT2D eigenvalue weighted by molar-refractivity contribution is 6.05. The normalized spacial score (nSPS) is 16.6. The number of carbonyl (C=O) groups excluding carboxylic acids is 2. The Morgan fingerprint density at radius 3 is 2.03 bits per heavy atom. The summed E-state index contributed by atoms with van der Waals surface area (Å²) in [6.07, 6.45) is -5.30. The molecular weight excluding hydrogens is 423 g/mol. The van der Waals surface area contributed by atoms with Gasteiger partial charge in [-0.05, 0) is 30.9 Å². The van der Waals surface area contributed by atoms with Gasteiger partial charge in [-0.2, -0.15) is 13.2 Å². The van der Waals surface area contributed by atoms with E-state index in [0.29, 0.717) is 0 Å². The second-order valence-corrected chi connectivity index (χ2v) is 7.46. The van der Waals surface area contributed by atoms with Gasteiger partial charge in [0.2, 0.25) is 0 Å². The maximum Gasteiger partial charge on any atom is 0.432 e. The quantitative estimate of drug-likeness (QED) is 0.622. The molecule has 1 atom stereocenters. The lowest BCUT2D eigenvalue weighted by Crippen LogP contribution is -2.57. The standard InChI is InChI=1S/C24H24F3NO4/c1-2-32-22(30)23(31,24(25,26)27)20-18(14-9-15-19(20)29)28-21(16-10-5-3-6-11-16)17-12-7-4-8-13-17/h3-8,10-13,21,28,31H,2,9,14-15H2,1H3. The first-order valence-electron chi connectivity index (χ1n) is 10.3. The lowest BCUT2D eigenvalue weighted by molar-refractivity contribution is -0.250. The van der Waals surface area contributed by atoms with Crippen LogP contribution < -0.4 is 5.32 Å². The molecule has 2 N–H and O–H groups in total. The van der Waals surface area contributed by atoms with E-state index in [1.807, 2.05) is 12.1 Å². The van der Waals surface area contributed by atoms with Gasteiger partial charge in [0.25, 0.3) is 5.60 Å². The zero-order chi connectivity index (χ0) is 23.4. The molecule has 0 fully saturated rings. The summed E-state index contributed by atoms with van der Waals surface area (Å²) in [5.41, 5.74) is -3.68. The molecule has 0 aromatic heterocycles. The minimum absolute atomic E-state index is 0.0645. The van der Waals surface area contributed by atoms with Gasteiger partial charge in [-0.15, -0.1) is 0 Å². The molecule has 3 rings (SSSR count). The number of allylic oxidation sites excluding steroid dienone is 1. The van der Waals surface area contributed by atoms with Crippen LogP contribution in [-0.4, -0.2) is 35.2 Å². The van der Waals surface area contributed by atoms with Gasteiger partial charge in [0.15, 0.2) is 5.78 Å². The molecule has 2 aromatic carbocycles. The Morgan fingerprint density at radius 1 is 1.03 bits per heavy atom. The Kier molecular flexibility index (Phi) is 7.03. The number of ether oxygens (including phenoxy) is 1.